The second kappa shape index (κ2) is 5.50. The SMILES string of the molecule is CCCN1C(=O)C(c2ccccc2)Nc2cc3c(cc21)OCO3. The fourth-order valence-corrected chi connectivity index (χ4v) is 3.09. The summed E-state index contributed by atoms with van der Waals surface area (Å²) < 4.78 is 10.9. The fraction of sp³-hybridized carbons (Fsp3) is 0.278. The second-order valence-corrected chi connectivity index (χ2v) is 5.70. The Bertz CT molecular complexity index is 745. The monoisotopic (exact) mass is 310 g/mol. The van der Waals surface area contributed by atoms with Gasteiger partial charge in [-0.05, 0) is 12.0 Å². The van der Waals surface area contributed by atoms with Crippen LogP contribution in [0.2, 0.25) is 0 Å². The van der Waals surface area contributed by atoms with E-state index < -0.39 is 0 Å². The van der Waals surface area contributed by atoms with E-state index in [1.807, 2.05) is 47.4 Å². The van der Waals surface area contributed by atoms with Gasteiger partial charge in [0.2, 0.25) is 6.79 Å². The van der Waals surface area contributed by atoms with E-state index in [1.165, 1.54) is 0 Å². The molecule has 0 bridgehead atoms. The molecule has 5 heteroatoms. The Morgan fingerprint density at radius 2 is 1.91 bits per heavy atom. The van der Waals surface area contributed by atoms with Gasteiger partial charge in [0.25, 0.3) is 5.91 Å². The predicted molar refractivity (Wildman–Crippen MR) is 88.0 cm³/mol. The van der Waals surface area contributed by atoms with Crippen LogP contribution >= 0.6 is 0 Å². The van der Waals surface area contributed by atoms with Crippen LogP contribution < -0.4 is 19.7 Å². The predicted octanol–water partition coefficient (Wildman–Crippen LogP) is 3.33. The van der Waals surface area contributed by atoms with Crippen molar-refractivity contribution >= 4 is 17.3 Å². The molecule has 1 unspecified atom stereocenters. The summed E-state index contributed by atoms with van der Waals surface area (Å²) in [5.41, 5.74) is 2.71. The molecule has 0 aromatic heterocycles. The molecule has 1 amide bonds. The van der Waals surface area contributed by atoms with Crippen molar-refractivity contribution < 1.29 is 14.3 Å². The molecule has 118 valence electrons. The topological polar surface area (TPSA) is 50.8 Å². The van der Waals surface area contributed by atoms with Crippen molar-refractivity contribution in [3.8, 4) is 11.5 Å². The molecule has 5 nitrogen and oxygen atoms in total. The van der Waals surface area contributed by atoms with Crippen molar-refractivity contribution in [1.82, 2.24) is 0 Å². The Hall–Kier alpha value is -2.69. The molecule has 0 spiro atoms. The first-order valence-electron chi connectivity index (χ1n) is 7.84. The van der Waals surface area contributed by atoms with Gasteiger partial charge in [-0.15, -0.1) is 0 Å². The lowest BCUT2D eigenvalue weighted by Gasteiger charge is -2.35. The summed E-state index contributed by atoms with van der Waals surface area (Å²) in [6.07, 6.45) is 0.890. The maximum Gasteiger partial charge on any atom is 0.254 e. The summed E-state index contributed by atoms with van der Waals surface area (Å²) in [5, 5.41) is 3.35. The first kappa shape index (κ1) is 13.9. The zero-order valence-electron chi connectivity index (χ0n) is 12.9. The summed E-state index contributed by atoms with van der Waals surface area (Å²) in [7, 11) is 0. The molecule has 0 saturated heterocycles. The molecule has 1 N–H and O–H groups in total. The molecule has 0 saturated carbocycles. The van der Waals surface area contributed by atoms with E-state index >= 15 is 0 Å². The third-order valence-electron chi connectivity index (χ3n) is 4.17. The minimum Gasteiger partial charge on any atom is -0.454 e. The van der Waals surface area contributed by atoms with Crippen LogP contribution in [0.15, 0.2) is 42.5 Å². The van der Waals surface area contributed by atoms with Gasteiger partial charge in [0, 0.05) is 18.7 Å². The average molecular weight is 310 g/mol. The van der Waals surface area contributed by atoms with E-state index in [1.54, 1.807) is 0 Å². The van der Waals surface area contributed by atoms with Crippen LogP contribution in [0.3, 0.4) is 0 Å². The van der Waals surface area contributed by atoms with Crippen molar-refractivity contribution in [2.75, 3.05) is 23.6 Å². The van der Waals surface area contributed by atoms with Crippen molar-refractivity contribution in [3.63, 3.8) is 0 Å². The van der Waals surface area contributed by atoms with Crippen molar-refractivity contribution in [2.24, 2.45) is 0 Å². The summed E-state index contributed by atoms with van der Waals surface area (Å²) in [6.45, 7) is 2.97. The molecule has 2 heterocycles. The number of benzene rings is 2. The molecule has 2 aliphatic heterocycles. The highest BCUT2D eigenvalue weighted by atomic mass is 16.7. The number of nitrogens with one attached hydrogen (secondary N) is 1. The number of ether oxygens (including phenoxy) is 2. The molecule has 1 atom stereocenters. The van der Waals surface area contributed by atoms with Crippen LogP contribution in [0.1, 0.15) is 24.9 Å². The van der Waals surface area contributed by atoms with Gasteiger partial charge in [-0.25, -0.2) is 0 Å². The second-order valence-electron chi connectivity index (χ2n) is 5.70. The lowest BCUT2D eigenvalue weighted by Crippen LogP contribution is -2.42. The van der Waals surface area contributed by atoms with Gasteiger partial charge in [-0.1, -0.05) is 37.3 Å². The van der Waals surface area contributed by atoms with Crippen molar-refractivity contribution in [2.45, 2.75) is 19.4 Å². The first-order valence-corrected chi connectivity index (χ1v) is 7.84. The number of hydrogen-bond acceptors (Lipinski definition) is 4. The van der Waals surface area contributed by atoms with Gasteiger partial charge in [0.15, 0.2) is 11.5 Å². The lowest BCUT2D eigenvalue weighted by molar-refractivity contribution is -0.119. The van der Waals surface area contributed by atoms with E-state index in [2.05, 4.69) is 12.2 Å². The number of hydrogen-bond donors (Lipinski definition) is 1. The van der Waals surface area contributed by atoms with Crippen LogP contribution in [0, 0.1) is 0 Å². The Kier molecular flexibility index (Phi) is 3.33. The van der Waals surface area contributed by atoms with E-state index in [9.17, 15) is 4.79 Å². The number of carbonyl (C=O) groups excluding carboxylic acids is 1. The highest BCUT2D eigenvalue weighted by Gasteiger charge is 2.34. The number of anilines is 2. The normalized spacial score (nSPS) is 18.6. The van der Waals surface area contributed by atoms with Crippen LogP contribution in [0.4, 0.5) is 11.4 Å². The zero-order chi connectivity index (χ0) is 15.8. The van der Waals surface area contributed by atoms with Crippen LogP contribution in [-0.4, -0.2) is 19.2 Å². The van der Waals surface area contributed by atoms with Crippen molar-refractivity contribution in [1.29, 1.82) is 0 Å². The third kappa shape index (κ3) is 2.29. The Morgan fingerprint density at radius 1 is 1.17 bits per heavy atom. The smallest absolute Gasteiger partial charge is 0.254 e. The van der Waals surface area contributed by atoms with E-state index in [0.29, 0.717) is 18.0 Å². The van der Waals surface area contributed by atoms with Crippen molar-refractivity contribution in [3.05, 3.63) is 48.0 Å². The highest BCUT2D eigenvalue weighted by Crippen LogP contribution is 2.45. The molecule has 2 aliphatic rings. The van der Waals surface area contributed by atoms with E-state index in [-0.39, 0.29) is 18.7 Å². The maximum absolute atomic E-state index is 13.0. The molecule has 0 aliphatic carbocycles. The quantitative estimate of drug-likeness (QED) is 0.945. The molecular weight excluding hydrogens is 292 g/mol. The first-order chi connectivity index (χ1) is 11.3. The molecule has 2 aromatic carbocycles. The standard InChI is InChI=1S/C18H18N2O3/c1-2-8-20-14-10-16-15(22-11-23-16)9-13(14)19-17(18(20)21)12-6-4-3-5-7-12/h3-7,9-10,17,19H,2,8,11H2,1H3. The number of nitrogens with zero attached hydrogens (tertiary/aromatic N) is 1. The van der Waals surface area contributed by atoms with Crippen LogP contribution in [-0.2, 0) is 4.79 Å². The van der Waals surface area contributed by atoms with E-state index in [0.717, 1.165) is 23.4 Å². The fourth-order valence-electron chi connectivity index (χ4n) is 3.09. The zero-order valence-corrected chi connectivity index (χ0v) is 12.9. The van der Waals surface area contributed by atoms with Gasteiger partial charge < -0.3 is 19.7 Å². The number of carbonyl (C=O) groups is 1. The summed E-state index contributed by atoms with van der Waals surface area (Å²) in [5.74, 6) is 1.47. The maximum atomic E-state index is 13.0. The van der Waals surface area contributed by atoms with Gasteiger partial charge in [-0.3, -0.25) is 4.79 Å². The molecule has 4 rings (SSSR count). The van der Waals surface area contributed by atoms with Crippen LogP contribution in [0.5, 0.6) is 11.5 Å². The molecule has 0 fully saturated rings. The molecule has 0 radical (unpaired) electrons. The molecule has 2 aromatic rings. The largest absolute Gasteiger partial charge is 0.454 e. The highest BCUT2D eigenvalue weighted by molar-refractivity contribution is 6.06. The number of rotatable bonds is 3. The summed E-state index contributed by atoms with van der Waals surface area (Å²) in [4.78, 5) is 14.8. The van der Waals surface area contributed by atoms with E-state index in [4.69, 9.17) is 9.47 Å². The Balaban J connectivity index is 1.79. The van der Waals surface area contributed by atoms with Gasteiger partial charge in [0.1, 0.15) is 6.04 Å². The van der Waals surface area contributed by atoms with Gasteiger partial charge >= 0.3 is 0 Å². The summed E-state index contributed by atoms with van der Waals surface area (Å²) >= 11 is 0. The Labute approximate surface area is 134 Å². The molecular formula is C18H18N2O3. The number of fused-ring (bicyclic) bond motifs is 2. The van der Waals surface area contributed by atoms with Gasteiger partial charge in [0.05, 0.1) is 11.4 Å². The average Bonchev–Trinajstić information content (AvgIpc) is 3.03. The molecule has 23 heavy (non-hydrogen) atoms. The third-order valence-corrected chi connectivity index (χ3v) is 4.17. The number of amides is 1. The lowest BCUT2D eigenvalue weighted by atomic mass is 10.0. The Morgan fingerprint density at radius 3 is 2.65 bits per heavy atom. The van der Waals surface area contributed by atoms with Gasteiger partial charge in [-0.2, -0.15) is 0 Å². The minimum atomic E-state index is -0.379. The minimum absolute atomic E-state index is 0.0596. The van der Waals surface area contributed by atoms with Crippen LogP contribution in [0.25, 0.3) is 0 Å². The summed E-state index contributed by atoms with van der Waals surface area (Å²) in [6, 6.07) is 13.2.